The summed E-state index contributed by atoms with van der Waals surface area (Å²) in [5, 5.41) is 11.7. The Labute approximate surface area is 189 Å². The van der Waals surface area contributed by atoms with Gasteiger partial charge in [-0.25, -0.2) is 0 Å². The van der Waals surface area contributed by atoms with Crippen LogP contribution < -0.4 is 0 Å². The molecule has 1 N–H and O–H groups in total. The van der Waals surface area contributed by atoms with Gasteiger partial charge in [0.15, 0.2) is 0 Å². The standard InChI is InChI=1S/C24H18Cl2N2O3/c1-14-2-4-16(5-3-14)22(29)20-21(17-6-7-18(25)19(26)12-17)28(24(31)23(20)30)13-15-8-10-27-11-9-15/h2-12,21,29H,13H2,1H3/b22-20-. The number of halogens is 2. The first-order valence-corrected chi connectivity index (χ1v) is 10.3. The van der Waals surface area contributed by atoms with Gasteiger partial charge < -0.3 is 10.0 Å². The van der Waals surface area contributed by atoms with Gasteiger partial charge in [-0.15, -0.1) is 0 Å². The van der Waals surface area contributed by atoms with Crippen molar-refractivity contribution in [3.05, 3.63) is 105 Å². The number of aryl methyl sites for hydroxylation is 1. The Morgan fingerprint density at radius 1 is 1.00 bits per heavy atom. The van der Waals surface area contributed by atoms with E-state index in [-0.39, 0.29) is 17.9 Å². The van der Waals surface area contributed by atoms with Crippen LogP contribution in [0.15, 0.2) is 72.6 Å². The lowest BCUT2D eigenvalue weighted by Gasteiger charge is -2.25. The molecule has 0 spiro atoms. The topological polar surface area (TPSA) is 70.5 Å². The fourth-order valence-corrected chi connectivity index (χ4v) is 3.93. The number of aliphatic hydroxyl groups excluding tert-OH is 1. The van der Waals surface area contributed by atoms with Crippen molar-refractivity contribution in [2.45, 2.75) is 19.5 Å². The van der Waals surface area contributed by atoms with Gasteiger partial charge in [0.05, 0.1) is 21.7 Å². The second-order valence-corrected chi connectivity index (χ2v) is 8.14. The van der Waals surface area contributed by atoms with Crippen LogP contribution in [0.1, 0.15) is 28.3 Å². The van der Waals surface area contributed by atoms with Crippen molar-refractivity contribution in [2.75, 3.05) is 0 Å². The van der Waals surface area contributed by atoms with Crippen LogP contribution in [0.3, 0.4) is 0 Å². The van der Waals surface area contributed by atoms with Crippen molar-refractivity contribution in [3.63, 3.8) is 0 Å². The molecule has 1 fully saturated rings. The Bertz CT molecular complexity index is 1190. The first-order chi connectivity index (χ1) is 14.9. The maximum Gasteiger partial charge on any atom is 0.295 e. The van der Waals surface area contributed by atoms with E-state index < -0.39 is 17.7 Å². The lowest BCUT2D eigenvalue weighted by molar-refractivity contribution is -0.140. The lowest BCUT2D eigenvalue weighted by Crippen LogP contribution is -2.29. The minimum absolute atomic E-state index is 0.0151. The normalized spacial score (nSPS) is 17.9. The summed E-state index contributed by atoms with van der Waals surface area (Å²) in [7, 11) is 0. The molecule has 156 valence electrons. The minimum atomic E-state index is -0.816. The molecule has 2 heterocycles. The molecule has 4 rings (SSSR count). The molecule has 0 radical (unpaired) electrons. The molecule has 0 saturated carbocycles. The molecule has 1 aliphatic heterocycles. The number of rotatable bonds is 4. The molecule has 1 amide bonds. The third kappa shape index (κ3) is 4.07. The molecule has 1 aromatic heterocycles. The number of carbonyl (C=O) groups is 2. The SMILES string of the molecule is Cc1ccc(/C(O)=C2/C(=O)C(=O)N(Cc3ccncc3)C2c2ccc(Cl)c(Cl)c2)cc1. The number of pyridine rings is 1. The first-order valence-electron chi connectivity index (χ1n) is 9.56. The van der Waals surface area contributed by atoms with Crippen LogP contribution in [0, 0.1) is 6.92 Å². The second-order valence-electron chi connectivity index (χ2n) is 7.32. The van der Waals surface area contributed by atoms with Gasteiger partial charge >= 0.3 is 0 Å². The molecular formula is C24H18Cl2N2O3. The van der Waals surface area contributed by atoms with Crippen molar-refractivity contribution < 1.29 is 14.7 Å². The number of carbonyl (C=O) groups excluding carboxylic acids is 2. The van der Waals surface area contributed by atoms with Gasteiger partial charge in [0, 0.05) is 24.5 Å². The number of hydrogen-bond donors (Lipinski definition) is 1. The molecular weight excluding hydrogens is 435 g/mol. The van der Waals surface area contributed by atoms with E-state index in [4.69, 9.17) is 23.2 Å². The number of benzene rings is 2. The van der Waals surface area contributed by atoms with Crippen molar-refractivity contribution in [3.8, 4) is 0 Å². The number of aromatic nitrogens is 1. The third-order valence-electron chi connectivity index (χ3n) is 5.23. The average molecular weight is 453 g/mol. The molecule has 0 aliphatic carbocycles. The quantitative estimate of drug-likeness (QED) is 0.330. The van der Waals surface area contributed by atoms with Crippen molar-refractivity contribution >= 4 is 40.7 Å². The molecule has 0 bridgehead atoms. The Morgan fingerprint density at radius 3 is 2.32 bits per heavy atom. The van der Waals surface area contributed by atoms with Crippen molar-refractivity contribution in [1.82, 2.24) is 9.88 Å². The summed E-state index contributed by atoms with van der Waals surface area (Å²) in [5.74, 6) is -1.67. The Morgan fingerprint density at radius 2 is 1.68 bits per heavy atom. The first kappa shape index (κ1) is 21.1. The fraction of sp³-hybridized carbons (Fsp3) is 0.125. The summed E-state index contributed by atoms with van der Waals surface area (Å²) < 4.78 is 0. The zero-order chi connectivity index (χ0) is 22.1. The van der Waals surface area contributed by atoms with E-state index >= 15 is 0 Å². The summed E-state index contributed by atoms with van der Waals surface area (Å²) in [6.07, 6.45) is 3.23. The van der Waals surface area contributed by atoms with Crippen LogP contribution in [0.4, 0.5) is 0 Å². The van der Waals surface area contributed by atoms with E-state index in [9.17, 15) is 14.7 Å². The number of amides is 1. The summed E-state index contributed by atoms with van der Waals surface area (Å²) in [6, 6.07) is 14.7. The summed E-state index contributed by atoms with van der Waals surface area (Å²) in [6.45, 7) is 2.09. The van der Waals surface area contributed by atoms with Gasteiger partial charge in [0.2, 0.25) is 0 Å². The van der Waals surface area contributed by atoms with E-state index in [0.29, 0.717) is 21.2 Å². The molecule has 2 aromatic carbocycles. The predicted molar refractivity (Wildman–Crippen MR) is 120 cm³/mol. The van der Waals surface area contributed by atoms with E-state index in [2.05, 4.69) is 4.98 Å². The van der Waals surface area contributed by atoms with Gasteiger partial charge in [-0.2, -0.15) is 0 Å². The largest absolute Gasteiger partial charge is 0.507 e. The molecule has 31 heavy (non-hydrogen) atoms. The minimum Gasteiger partial charge on any atom is -0.507 e. The number of hydrogen-bond acceptors (Lipinski definition) is 4. The fourth-order valence-electron chi connectivity index (χ4n) is 3.62. The van der Waals surface area contributed by atoms with Crippen LogP contribution in [0.2, 0.25) is 10.0 Å². The third-order valence-corrected chi connectivity index (χ3v) is 5.97. The maximum atomic E-state index is 13.0. The number of ketones is 1. The highest BCUT2D eigenvalue weighted by molar-refractivity contribution is 6.46. The second kappa shape index (κ2) is 8.53. The van der Waals surface area contributed by atoms with E-state index in [1.807, 2.05) is 19.1 Å². The summed E-state index contributed by atoms with van der Waals surface area (Å²) in [4.78, 5) is 31.5. The Balaban J connectivity index is 1.88. The molecule has 1 unspecified atom stereocenters. The highest BCUT2D eigenvalue weighted by Crippen LogP contribution is 2.41. The zero-order valence-electron chi connectivity index (χ0n) is 16.5. The Hall–Kier alpha value is -3.15. The molecule has 3 aromatic rings. The smallest absolute Gasteiger partial charge is 0.295 e. The number of likely N-dealkylation sites (tertiary alicyclic amines) is 1. The average Bonchev–Trinajstić information content (AvgIpc) is 3.01. The van der Waals surface area contributed by atoms with Crippen molar-refractivity contribution in [2.24, 2.45) is 0 Å². The van der Waals surface area contributed by atoms with Gasteiger partial charge in [0.1, 0.15) is 5.76 Å². The van der Waals surface area contributed by atoms with Crippen LogP contribution in [0.5, 0.6) is 0 Å². The highest BCUT2D eigenvalue weighted by atomic mass is 35.5. The Kier molecular flexibility index (Phi) is 5.81. The molecule has 1 atom stereocenters. The number of Topliss-reactive ketones (excluding diaryl/α,β-unsaturated/α-hetero) is 1. The monoisotopic (exact) mass is 452 g/mol. The van der Waals surface area contributed by atoms with Gasteiger partial charge in [0.25, 0.3) is 11.7 Å². The number of aliphatic hydroxyl groups is 1. The van der Waals surface area contributed by atoms with E-state index in [1.165, 1.54) is 4.90 Å². The molecule has 1 aliphatic rings. The number of nitrogens with zero attached hydrogens (tertiary/aromatic N) is 2. The van der Waals surface area contributed by atoms with Crippen LogP contribution >= 0.6 is 23.2 Å². The van der Waals surface area contributed by atoms with Gasteiger partial charge in [-0.3, -0.25) is 14.6 Å². The van der Waals surface area contributed by atoms with Crippen LogP contribution in [0.25, 0.3) is 5.76 Å². The molecule has 7 heteroatoms. The van der Waals surface area contributed by atoms with Gasteiger partial charge in [-0.05, 0) is 42.3 Å². The van der Waals surface area contributed by atoms with E-state index in [1.54, 1.807) is 54.9 Å². The van der Waals surface area contributed by atoms with E-state index in [0.717, 1.165) is 11.1 Å². The maximum absolute atomic E-state index is 13.0. The molecule has 1 saturated heterocycles. The van der Waals surface area contributed by atoms with Crippen LogP contribution in [-0.4, -0.2) is 26.7 Å². The van der Waals surface area contributed by atoms with Crippen LogP contribution in [-0.2, 0) is 16.1 Å². The van der Waals surface area contributed by atoms with Crippen molar-refractivity contribution in [1.29, 1.82) is 0 Å². The summed E-state index contributed by atoms with van der Waals surface area (Å²) in [5.41, 5.74) is 2.86. The lowest BCUT2D eigenvalue weighted by atomic mass is 9.95. The zero-order valence-corrected chi connectivity index (χ0v) is 18.1. The summed E-state index contributed by atoms with van der Waals surface area (Å²) >= 11 is 12.3. The van der Waals surface area contributed by atoms with Gasteiger partial charge in [-0.1, -0.05) is 59.1 Å². The highest BCUT2D eigenvalue weighted by Gasteiger charge is 2.46. The molecule has 5 nitrogen and oxygen atoms in total. The predicted octanol–water partition coefficient (Wildman–Crippen LogP) is 5.32.